The van der Waals surface area contributed by atoms with Crippen molar-refractivity contribution in [2.45, 2.75) is 39.2 Å². The molecule has 0 aromatic heterocycles. The minimum atomic E-state index is -0.614. The molecular weight excluding hydrogens is 226 g/mol. The number of hydrogen-bond donors (Lipinski definition) is 1. The molecule has 1 fully saturated rings. The molecule has 0 unspecified atom stereocenters. The van der Waals surface area contributed by atoms with Crippen molar-refractivity contribution in [3.05, 3.63) is 34.9 Å². The van der Waals surface area contributed by atoms with Gasteiger partial charge in [0.1, 0.15) is 0 Å². The van der Waals surface area contributed by atoms with Gasteiger partial charge in [0.25, 0.3) is 5.91 Å². The highest BCUT2D eigenvalue weighted by atomic mass is 16.3. The summed E-state index contributed by atoms with van der Waals surface area (Å²) in [7, 11) is 0. The van der Waals surface area contributed by atoms with E-state index in [9.17, 15) is 9.90 Å². The number of hydrogen-bond acceptors (Lipinski definition) is 2. The summed E-state index contributed by atoms with van der Waals surface area (Å²) >= 11 is 0. The maximum atomic E-state index is 12.5. The van der Waals surface area contributed by atoms with Crippen molar-refractivity contribution in [2.24, 2.45) is 0 Å². The van der Waals surface area contributed by atoms with Crippen LogP contribution in [0.1, 0.15) is 41.3 Å². The van der Waals surface area contributed by atoms with Crippen LogP contribution in [0.5, 0.6) is 0 Å². The van der Waals surface area contributed by atoms with Crippen LogP contribution in [-0.2, 0) is 0 Å². The largest absolute Gasteiger partial charge is 0.390 e. The molecule has 1 amide bonds. The minimum absolute atomic E-state index is 0.0982. The number of likely N-dealkylation sites (tertiary alicyclic amines) is 1. The maximum absolute atomic E-state index is 12.5. The van der Waals surface area contributed by atoms with E-state index in [1.54, 1.807) is 0 Å². The molecular formula is C15H21NO2. The summed E-state index contributed by atoms with van der Waals surface area (Å²) in [5.41, 5.74) is 2.26. The van der Waals surface area contributed by atoms with Gasteiger partial charge < -0.3 is 10.0 Å². The van der Waals surface area contributed by atoms with Crippen molar-refractivity contribution < 1.29 is 9.90 Å². The lowest BCUT2D eigenvalue weighted by atomic mass is 9.92. The van der Waals surface area contributed by atoms with Crippen LogP contribution in [0.25, 0.3) is 0 Å². The van der Waals surface area contributed by atoms with Crippen molar-refractivity contribution in [3.8, 4) is 0 Å². The average molecular weight is 247 g/mol. The molecule has 0 aliphatic carbocycles. The summed E-state index contributed by atoms with van der Waals surface area (Å²) in [5, 5.41) is 9.92. The number of amides is 1. The third-order valence-corrected chi connectivity index (χ3v) is 3.82. The van der Waals surface area contributed by atoms with Gasteiger partial charge in [0.05, 0.1) is 5.60 Å². The normalized spacial score (nSPS) is 18.8. The monoisotopic (exact) mass is 247 g/mol. The van der Waals surface area contributed by atoms with E-state index in [4.69, 9.17) is 0 Å². The Morgan fingerprint density at radius 2 is 1.72 bits per heavy atom. The molecule has 1 aromatic rings. The molecule has 1 N–H and O–H groups in total. The topological polar surface area (TPSA) is 40.5 Å². The number of aliphatic hydroxyl groups is 1. The summed E-state index contributed by atoms with van der Waals surface area (Å²) in [4.78, 5) is 14.4. The number of carbonyl (C=O) groups is 1. The lowest BCUT2D eigenvalue weighted by Crippen LogP contribution is -2.45. The van der Waals surface area contributed by atoms with Crippen LogP contribution in [0.4, 0.5) is 0 Å². The number of carbonyl (C=O) groups excluding carboxylic acids is 1. The maximum Gasteiger partial charge on any atom is 0.254 e. The van der Waals surface area contributed by atoms with Gasteiger partial charge in [-0.2, -0.15) is 0 Å². The molecule has 1 aliphatic rings. The van der Waals surface area contributed by atoms with Crippen molar-refractivity contribution in [1.82, 2.24) is 4.90 Å². The first-order valence-corrected chi connectivity index (χ1v) is 6.48. The molecule has 0 spiro atoms. The fourth-order valence-corrected chi connectivity index (χ4v) is 2.50. The summed E-state index contributed by atoms with van der Waals surface area (Å²) in [6, 6.07) is 5.92. The van der Waals surface area contributed by atoms with Gasteiger partial charge in [-0.05, 0) is 44.7 Å². The third-order valence-electron chi connectivity index (χ3n) is 3.82. The molecule has 3 nitrogen and oxygen atoms in total. The third kappa shape index (κ3) is 2.56. The Balaban J connectivity index is 2.18. The number of rotatable bonds is 1. The minimum Gasteiger partial charge on any atom is -0.390 e. The molecule has 0 bridgehead atoms. The van der Waals surface area contributed by atoms with Gasteiger partial charge in [0, 0.05) is 18.7 Å². The zero-order valence-corrected chi connectivity index (χ0v) is 11.4. The average Bonchev–Trinajstić information content (AvgIpc) is 2.28. The Morgan fingerprint density at radius 3 is 2.22 bits per heavy atom. The van der Waals surface area contributed by atoms with E-state index < -0.39 is 5.60 Å². The molecule has 2 rings (SSSR count). The first-order valence-electron chi connectivity index (χ1n) is 6.48. The SMILES string of the molecule is Cc1cccc(C)c1C(=O)N1CCC(C)(O)CC1. The number of benzene rings is 1. The molecule has 0 saturated carbocycles. The van der Waals surface area contributed by atoms with Crippen LogP contribution >= 0.6 is 0 Å². The summed E-state index contributed by atoms with van der Waals surface area (Å²) in [6.45, 7) is 7.06. The van der Waals surface area contributed by atoms with Gasteiger partial charge in [-0.25, -0.2) is 0 Å². The lowest BCUT2D eigenvalue weighted by Gasteiger charge is -2.36. The zero-order valence-electron chi connectivity index (χ0n) is 11.4. The van der Waals surface area contributed by atoms with Gasteiger partial charge in [-0.1, -0.05) is 18.2 Å². The number of piperidine rings is 1. The smallest absolute Gasteiger partial charge is 0.254 e. The quantitative estimate of drug-likeness (QED) is 0.827. The fraction of sp³-hybridized carbons (Fsp3) is 0.533. The van der Waals surface area contributed by atoms with Crippen molar-refractivity contribution in [3.63, 3.8) is 0 Å². The fourth-order valence-electron chi connectivity index (χ4n) is 2.50. The van der Waals surface area contributed by atoms with Crippen LogP contribution in [0.3, 0.4) is 0 Å². The first-order chi connectivity index (χ1) is 8.41. The molecule has 1 aliphatic heterocycles. The van der Waals surface area contributed by atoms with Crippen LogP contribution in [-0.4, -0.2) is 34.6 Å². The Hall–Kier alpha value is -1.35. The highest BCUT2D eigenvalue weighted by Gasteiger charge is 2.30. The van der Waals surface area contributed by atoms with Crippen LogP contribution < -0.4 is 0 Å². The molecule has 0 radical (unpaired) electrons. The van der Waals surface area contributed by atoms with Gasteiger partial charge >= 0.3 is 0 Å². The predicted molar refractivity (Wildman–Crippen MR) is 71.7 cm³/mol. The van der Waals surface area contributed by atoms with Gasteiger partial charge in [0.2, 0.25) is 0 Å². The summed E-state index contributed by atoms with van der Waals surface area (Å²) in [5.74, 6) is 0.0982. The van der Waals surface area contributed by atoms with Gasteiger partial charge in [-0.3, -0.25) is 4.79 Å². The molecule has 18 heavy (non-hydrogen) atoms. The highest BCUT2D eigenvalue weighted by Crippen LogP contribution is 2.24. The van der Waals surface area contributed by atoms with Crippen molar-refractivity contribution in [2.75, 3.05) is 13.1 Å². The molecule has 3 heteroatoms. The highest BCUT2D eigenvalue weighted by molar-refractivity contribution is 5.97. The Labute approximate surface area is 108 Å². The molecule has 1 aromatic carbocycles. The molecule has 0 atom stereocenters. The Bertz CT molecular complexity index is 435. The summed E-state index contributed by atoms with van der Waals surface area (Å²) in [6.07, 6.45) is 1.31. The van der Waals surface area contributed by atoms with Crippen molar-refractivity contribution >= 4 is 5.91 Å². The van der Waals surface area contributed by atoms with Crippen molar-refractivity contribution in [1.29, 1.82) is 0 Å². The number of aryl methyl sites for hydroxylation is 2. The van der Waals surface area contributed by atoms with E-state index in [2.05, 4.69) is 0 Å². The van der Waals surface area contributed by atoms with Crippen LogP contribution in [0.2, 0.25) is 0 Å². The van der Waals surface area contributed by atoms with E-state index in [1.165, 1.54) is 0 Å². The molecule has 98 valence electrons. The number of nitrogens with zero attached hydrogens (tertiary/aromatic N) is 1. The standard InChI is InChI=1S/C15H21NO2/c1-11-5-4-6-12(2)13(11)14(17)16-9-7-15(3,18)8-10-16/h4-6,18H,7-10H2,1-3H3. The van der Waals surface area contributed by atoms with E-state index in [0.29, 0.717) is 25.9 Å². The first kappa shape index (κ1) is 13.1. The lowest BCUT2D eigenvalue weighted by molar-refractivity contribution is -0.00205. The van der Waals surface area contributed by atoms with E-state index in [0.717, 1.165) is 16.7 Å². The van der Waals surface area contributed by atoms with Gasteiger partial charge in [-0.15, -0.1) is 0 Å². The zero-order chi connectivity index (χ0) is 13.3. The van der Waals surface area contributed by atoms with Gasteiger partial charge in [0.15, 0.2) is 0 Å². The molecule has 1 heterocycles. The van der Waals surface area contributed by atoms with Crippen LogP contribution in [0, 0.1) is 13.8 Å². The Morgan fingerprint density at radius 1 is 1.22 bits per heavy atom. The Kier molecular flexibility index (Phi) is 3.44. The van der Waals surface area contributed by atoms with E-state index >= 15 is 0 Å². The van der Waals surface area contributed by atoms with E-state index in [1.807, 2.05) is 43.9 Å². The second-order valence-electron chi connectivity index (χ2n) is 5.56. The van der Waals surface area contributed by atoms with Crippen LogP contribution in [0.15, 0.2) is 18.2 Å². The predicted octanol–water partition coefficient (Wildman–Crippen LogP) is 2.29. The van der Waals surface area contributed by atoms with E-state index in [-0.39, 0.29) is 5.91 Å². The molecule has 1 saturated heterocycles. The second-order valence-corrected chi connectivity index (χ2v) is 5.56. The second kappa shape index (κ2) is 4.73. The summed E-state index contributed by atoms with van der Waals surface area (Å²) < 4.78 is 0.